The van der Waals surface area contributed by atoms with Crippen LogP contribution in [0.3, 0.4) is 0 Å². The minimum Gasteiger partial charge on any atom is -0.351 e. The summed E-state index contributed by atoms with van der Waals surface area (Å²) in [5.74, 6) is -0.190. The van der Waals surface area contributed by atoms with E-state index in [1.54, 1.807) is 4.90 Å². The second kappa shape index (κ2) is 7.80. The third kappa shape index (κ3) is 3.31. The number of aryl methyl sites for hydroxylation is 2. The molecule has 2 aliphatic rings. The van der Waals surface area contributed by atoms with Crippen LogP contribution in [0.15, 0.2) is 48.5 Å². The maximum Gasteiger partial charge on any atom is 0.275 e. The lowest BCUT2D eigenvalue weighted by molar-refractivity contribution is -0.127. The zero-order valence-corrected chi connectivity index (χ0v) is 19.1. The van der Waals surface area contributed by atoms with Gasteiger partial charge in [0.25, 0.3) is 5.91 Å². The van der Waals surface area contributed by atoms with E-state index >= 15 is 0 Å². The van der Waals surface area contributed by atoms with Crippen LogP contribution < -0.4 is 10.2 Å². The fraction of sp³-hybridized carbons (Fsp3) is 0.407. The van der Waals surface area contributed by atoms with Crippen molar-refractivity contribution in [1.29, 1.82) is 0 Å². The van der Waals surface area contributed by atoms with Gasteiger partial charge in [0.15, 0.2) is 0 Å². The van der Waals surface area contributed by atoms with Crippen molar-refractivity contribution in [1.82, 2.24) is 9.88 Å². The Hall–Kier alpha value is -3.08. The number of carbonyl (C=O) groups is 2. The second-order valence-corrected chi connectivity index (χ2v) is 9.69. The summed E-state index contributed by atoms with van der Waals surface area (Å²) < 4.78 is 2.03. The van der Waals surface area contributed by atoms with E-state index in [1.165, 1.54) is 6.42 Å². The molecule has 0 saturated heterocycles. The molecule has 1 fully saturated rings. The summed E-state index contributed by atoms with van der Waals surface area (Å²) in [7, 11) is 0. The van der Waals surface area contributed by atoms with Gasteiger partial charge in [-0.05, 0) is 62.9 Å². The summed E-state index contributed by atoms with van der Waals surface area (Å²) in [6, 6.07) is 16.3. The molecule has 1 N–H and O–H groups in total. The number of fused-ring (bicyclic) bond motifs is 3. The highest BCUT2D eigenvalue weighted by atomic mass is 16.2. The molecule has 5 rings (SSSR count). The molecule has 0 spiro atoms. The van der Waals surface area contributed by atoms with Gasteiger partial charge in [-0.1, -0.05) is 49.6 Å². The minimum absolute atomic E-state index is 0.0675. The number of benzene rings is 2. The molecule has 2 heterocycles. The van der Waals surface area contributed by atoms with Gasteiger partial charge in [0.1, 0.15) is 11.2 Å². The molecule has 2 aromatic carbocycles. The van der Waals surface area contributed by atoms with E-state index in [-0.39, 0.29) is 17.9 Å². The van der Waals surface area contributed by atoms with Crippen molar-refractivity contribution in [2.75, 3.05) is 4.90 Å². The monoisotopic (exact) mass is 429 g/mol. The van der Waals surface area contributed by atoms with E-state index in [1.807, 2.05) is 73.9 Å². The average Bonchev–Trinajstić information content (AvgIpc) is 3.15. The lowest BCUT2D eigenvalue weighted by Crippen LogP contribution is -2.65. The number of para-hydroxylation sites is 1. The molecule has 3 aromatic rings. The number of nitrogens with zero attached hydrogens (tertiary/aromatic N) is 2. The Morgan fingerprint density at radius 3 is 2.56 bits per heavy atom. The molecule has 0 bridgehead atoms. The molecule has 1 atom stereocenters. The number of amides is 2. The van der Waals surface area contributed by atoms with Crippen molar-refractivity contribution >= 4 is 28.4 Å². The average molecular weight is 430 g/mol. The summed E-state index contributed by atoms with van der Waals surface area (Å²) in [5, 5.41) is 4.33. The molecule has 0 unspecified atom stereocenters. The molecular weight excluding hydrogens is 398 g/mol. The first-order valence-electron chi connectivity index (χ1n) is 11.7. The Morgan fingerprint density at radius 1 is 1.03 bits per heavy atom. The quantitative estimate of drug-likeness (QED) is 0.628. The van der Waals surface area contributed by atoms with Gasteiger partial charge in [0.2, 0.25) is 5.91 Å². The summed E-state index contributed by atoms with van der Waals surface area (Å²) in [4.78, 5) is 29.6. The van der Waals surface area contributed by atoms with Crippen molar-refractivity contribution in [3.05, 3.63) is 65.4 Å². The number of nitrogens with one attached hydrogen (secondary N) is 1. The smallest absolute Gasteiger partial charge is 0.275 e. The Balaban J connectivity index is 1.64. The second-order valence-electron chi connectivity index (χ2n) is 9.69. The van der Waals surface area contributed by atoms with E-state index in [4.69, 9.17) is 0 Å². The van der Waals surface area contributed by atoms with Crippen LogP contribution in [0.2, 0.25) is 0 Å². The fourth-order valence-corrected chi connectivity index (χ4v) is 5.37. The number of rotatable bonds is 3. The number of hydrogen-bond acceptors (Lipinski definition) is 2. The molecule has 166 valence electrons. The molecular formula is C27H31N3O2. The van der Waals surface area contributed by atoms with Gasteiger partial charge in [-0.25, -0.2) is 0 Å². The van der Waals surface area contributed by atoms with Crippen LogP contribution in [0.25, 0.3) is 10.9 Å². The van der Waals surface area contributed by atoms with E-state index in [0.29, 0.717) is 12.2 Å². The highest BCUT2D eigenvalue weighted by Crippen LogP contribution is 2.38. The predicted octanol–water partition coefficient (Wildman–Crippen LogP) is 5.13. The van der Waals surface area contributed by atoms with Gasteiger partial charge in [0.05, 0.1) is 6.54 Å². The number of anilines is 1. The molecule has 5 heteroatoms. The van der Waals surface area contributed by atoms with Crippen LogP contribution in [0.1, 0.15) is 60.6 Å². The molecule has 2 amide bonds. The van der Waals surface area contributed by atoms with E-state index in [9.17, 15) is 9.59 Å². The first kappa shape index (κ1) is 20.8. The lowest BCUT2D eigenvalue weighted by atomic mass is 9.90. The SMILES string of the molecule is Cc1ccc(C)c(N2C(=O)c3cc4ccccc4n3C[C@@]2(C)C(=O)NC2CCCCC2)c1. The molecule has 1 aliphatic heterocycles. The van der Waals surface area contributed by atoms with Crippen molar-refractivity contribution < 1.29 is 9.59 Å². The molecule has 0 radical (unpaired) electrons. The zero-order chi connectivity index (χ0) is 22.5. The summed E-state index contributed by atoms with van der Waals surface area (Å²) >= 11 is 0. The van der Waals surface area contributed by atoms with Gasteiger partial charge in [-0.3, -0.25) is 14.5 Å². The summed E-state index contributed by atoms with van der Waals surface area (Å²) in [6.07, 6.45) is 5.55. The molecule has 32 heavy (non-hydrogen) atoms. The molecule has 1 saturated carbocycles. The third-order valence-electron chi connectivity index (χ3n) is 7.23. The van der Waals surface area contributed by atoms with Crippen LogP contribution in [-0.4, -0.2) is 28.0 Å². The zero-order valence-electron chi connectivity index (χ0n) is 19.1. The van der Waals surface area contributed by atoms with Crippen LogP contribution in [0, 0.1) is 13.8 Å². The van der Waals surface area contributed by atoms with Gasteiger partial charge in [0, 0.05) is 22.6 Å². The van der Waals surface area contributed by atoms with E-state index in [2.05, 4.69) is 5.32 Å². The number of hydrogen-bond donors (Lipinski definition) is 1. The normalized spacial score (nSPS) is 21.6. The Labute approximate surface area is 189 Å². The van der Waals surface area contributed by atoms with E-state index < -0.39 is 5.54 Å². The van der Waals surface area contributed by atoms with Crippen LogP contribution >= 0.6 is 0 Å². The van der Waals surface area contributed by atoms with Gasteiger partial charge < -0.3 is 9.88 Å². The minimum atomic E-state index is -1.03. The fourth-order valence-electron chi connectivity index (χ4n) is 5.37. The van der Waals surface area contributed by atoms with Crippen molar-refractivity contribution in [3.8, 4) is 0 Å². The first-order valence-corrected chi connectivity index (χ1v) is 11.7. The third-order valence-corrected chi connectivity index (χ3v) is 7.23. The lowest BCUT2D eigenvalue weighted by Gasteiger charge is -2.45. The van der Waals surface area contributed by atoms with Crippen LogP contribution in [-0.2, 0) is 11.3 Å². The Kier molecular flexibility index (Phi) is 5.07. The molecule has 1 aromatic heterocycles. The van der Waals surface area contributed by atoms with Crippen LogP contribution in [0.4, 0.5) is 5.69 Å². The topological polar surface area (TPSA) is 54.3 Å². The number of aromatic nitrogens is 1. The largest absolute Gasteiger partial charge is 0.351 e. The molecule has 1 aliphatic carbocycles. The molecule has 5 nitrogen and oxygen atoms in total. The Morgan fingerprint density at radius 2 is 1.78 bits per heavy atom. The van der Waals surface area contributed by atoms with Gasteiger partial charge >= 0.3 is 0 Å². The standard InChI is InChI=1S/C27H31N3O2/c1-18-13-14-19(2)23(15-18)30-25(31)24-16-20-9-7-8-12-22(20)29(24)17-27(30,3)26(32)28-21-10-5-4-6-11-21/h7-9,12-16,21H,4-6,10-11,17H2,1-3H3,(H,28,32)/t27-/m0/s1. The highest BCUT2D eigenvalue weighted by molar-refractivity contribution is 6.14. The first-order chi connectivity index (χ1) is 15.4. The summed E-state index contributed by atoms with van der Waals surface area (Å²) in [6.45, 7) is 6.37. The van der Waals surface area contributed by atoms with Gasteiger partial charge in [-0.2, -0.15) is 0 Å². The van der Waals surface area contributed by atoms with Crippen molar-refractivity contribution in [2.45, 2.75) is 71.0 Å². The van der Waals surface area contributed by atoms with Crippen molar-refractivity contribution in [3.63, 3.8) is 0 Å². The Bertz CT molecular complexity index is 1200. The van der Waals surface area contributed by atoms with Gasteiger partial charge in [-0.15, -0.1) is 0 Å². The summed E-state index contributed by atoms with van der Waals surface area (Å²) in [5.41, 5.74) is 3.47. The van der Waals surface area contributed by atoms with Crippen molar-refractivity contribution in [2.24, 2.45) is 0 Å². The predicted molar refractivity (Wildman–Crippen MR) is 128 cm³/mol. The maximum absolute atomic E-state index is 14.0. The van der Waals surface area contributed by atoms with E-state index in [0.717, 1.165) is 53.4 Å². The van der Waals surface area contributed by atoms with Crippen LogP contribution in [0.5, 0.6) is 0 Å². The maximum atomic E-state index is 14.0. The number of carbonyl (C=O) groups excluding carboxylic acids is 2. The highest BCUT2D eigenvalue weighted by Gasteiger charge is 2.49.